The van der Waals surface area contributed by atoms with Crippen LogP contribution in [-0.4, -0.2) is 60.1 Å². The lowest BCUT2D eigenvalue weighted by atomic mass is 9.33. The highest BCUT2D eigenvalue weighted by Crippen LogP contribution is 2.75. The van der Waals surface area contributed by atoms with E-state index in [0.29, 0.717) is 29.1 Å². The number of hydrogen-bond donors (Lipinski definition) is 1. The summed E-state index contributed by atoms with van der Waals surface area (Å²) in [5, 5.41) is 11.0. The molecule has 1 saturated heterocycles. The van der Waals surface area contributed by atoms with Crippen LogP contribution in [0.15, 0.2) is 11.6 Å². The summed E-state index contributed by atoms with van der Waals surface area (Å²) in [6, 6.07) is 0. The van der Waals surface area contributed by atoms with Crippen LogP contribution >= 0.6 is 0 Å². The quantitative estimate of drug-likeness (QED) is 0.369. The van der Waals surface area contributed by atoms with E-state index in [0.717, 1.165) is 71.1 Å². The van der Waals surface area contributed by atoms with Crippen LogP contribution in [0.5, 0.6) is 0 Å². The lowest BCUT2D eigenvalue weighted by Crippen LogP contribution is -2.66. The average Bonchev–Trinajstić information content (AvgIpc) is 2.87. The Morgan fingerprint density at radius 2 is 1.51 bits per heavy atom. The fourth-order valence-electron chi connectivity index (χ4n) is 11.9. The molecule has 8 atom stereocenters. The van der Waals surface area contributed by atoms with Crippen molar-refractivity contribution in [1.82, 2.24) is 9.80 Å². The first kappa shape index (κ1) is 28.3. The van der Waals surface area contributed by atoms with Gasteiger partial charge in [-0.1, -0.05) is 60.1 Å². The summed E-state index contributed by atoms with van der Waals surface area (Å²) in [6.45, 7) is 21.3. The van der Waals surface area contributed by atoms with Gasteiger partial charge in [0.1, 0.15) is 0 Å². The number of piperazine rings is 1. The predicted octanol–water partition coefficient (Wildman–Crippen LogP) is 6.92. The van der Waals surface area contributed by atoms with Gasteiger partial charge in [-0.05, 0) is 116 Å². The van der Waals surface area contributed by atoms with E-state index in [2.05, 4.69) is 71.4 Å². The maximum atomic E-state index is 14.6. The van der Waals surface area contributed by atoms with Crippen LogP contribution in [0.25, 0.3) is 0 Å². The second kappa shape index (κ2) is 8.82. The molecule has 1 aliphatic heterocycles. The third-order valence-corrected chi connectivity index (χ3v) is 14.8. The number of allylic oxidation sites excluding steroid dienone is 2. The normalized spacial score (nSPS) is 49.2. The first-order valence-corrected chi connectivity index (χ1v) is 16.5. The van der Waals surface area contributed by atoms with Gasteiger partial charge >= 0.3 is 0 Å². The van der Waals surface area contributed by atoms with Crippen LogP contribution in [0.4, 0.5) is 0 Å². The molecule has 0 radical (unpaired) electrons. The Hall–Kier alpha value is -0.870. The Labute approximate surface area is 239 Å². The van der Waals surface area contributed by atoms with E-state index in [1.165, 1.54) is 19.3 Å². The number of fused-ring (bicyclic) bond motifs is 7. The van der Waals surface area contributed by atoms with Gasteiger partial charge in [0.2, 0.25) is 5.91 Å². The summed E-state index contributed by atoms with van der Waals surface area (Å²) < 4.78 is 0. The zero-order valence-corrected chi connectivity index (χ0v) is 26.5. The fourth-order valence-corrected chi connectivity index (χ4v) is 11.9. The predicted molar refractivity (Wildman–Crippen MR) is 159 cm³/mol. The second-order valence-electron chi connectivity index (χ2n) is 17.3. The topological polar surface area (TPSA) is 43.8 Å². The molecule has 0 aromatic heterocycles. The van der Waals surface area contributed by atoms with Crippen molar-refractivity contribution in [2.45, 2.75) is 119 Å². The molecule has 0 unspecified atom stereocenters. The Morgan fingerprint density at radius 1 is 0.846 bits per heavy atom. The Bertz CT molecular complexity index is 1040. The lowest BCUT2D eigenvalue weighted by molar-refractivity contribution is -0.204. The molecule has 1 amide bonds. The molecule has 6 aliphatic rings. The summed E-state index contributed by atoms with van der Waals surface area (Å²) >= 11 is 0. The minimum Gasteiger partial charge on any atom is -0.393 e. The van der Waals surface area contributed by atoms with E-state index in [1.807, 2.05) is 0 Å². The zero-order valence-electron chi connectivity index (χ0n) is 26.5. The lowest BCUT2D eigenvalue weighted by Gasteiger charge is -2.71. The van der Waals surface area contributed by atoms with E-state index in [9.17, 15) is 9.90 Å². The number of nitrogens with zero attached hydrogens (tertiary/aromatic N) is 2. The average molecular weight is 539 g/mol. The van der Waals surface area contributed by atoms with Crippen LogP contribution < -0.4 is 0 Å². The monoisotopic (exact) mass is 538 g/mol. The molecule has 0 spiro atoms. The van der Waals surface area contributed by atoms with E-state index in [-0.39, 0.29) is 33.2 Å². The zero-order chi connectivity index (χ0) is 28.2. The van der Waals surface area contributed by atoms with Crippen molar-refractivity contribution >= 4 is 5.91 Å². The minimum atomic E-state index is -0.196. The smallest absolute Gasteiger partial charge is 0.229 e. The third kappa shape index (κ3) is 3.78. The van der Waals surface area contributed by atoms with Gasteiger partial charge in [0.05, 0.1) is 11.5 Å². The molecular formula is C35H58N2O2. The maximum absolute atomic E-state index is 14.6. The first-order valence-electron chi connectivity index (χ1n) is 16.5. The van der Waals surface area contributed by atoms with Gasteiger partial charge in [0.25, 0.3) is 0 Å². The van der Waals surface area contributed by atoms with Crippen molar-refractivity contribution in [3.8, 4) is 0 Å². The fraction of sp³-hybridized carbons (Fsp3) is 0.914. The van der Waals surface area contributed by atoms with Gasteiger partial charge in [-0.25, -0.2) is 0 Å². The summed E-state index contributed by atoms with van der Waals surface area (Å²) in [4.78, 5) is 19.2. The third-order valence-electron chi connectivity index (χ3n) is 14.8. The highest BCUT2D eigenvalue weighted by Gasteiger charge is 2.69. The van der Waals surface area contributed by atoms with Gasteiger partial charge < -0.3 is 14.9 Å². The highest BCUT2D eigenvalue weighted by atomic mass is 16.3. The molecule has 4 saturated carbocycles. The number of hydrogen-bond acceptors (Lipinski definition) is 3. The first-order chi connectivity index (χ1) is 18.1. The molecule has 0 bridgehead atoms. The van der Waals surface area contributed by atoms with Gasteiger partial charge in [0, 0.05) is 26.2 Å². The molecule has 1 heterocycles. The SMILES string of the molecule is CN1CCN(C(=O)[C@]23CCC(C)(C)C[C@H]2C2=CC[C@@H]4[C@@]5(C)CC[C@H](O)C(C)(C)[C@@H]5CC[C@@]4(C)[C@]2(C)CC3)CC1. The molecule has 5 aliphatic carbocycles. The number of aliphatic hydroxyl groups is 1. The molecule has 39 heavy (non-hydrogen) atoms. The van der Waals surface area contributed by atoms with Crippen LogP contribution in [0.1, 0.15) is 113 Å². The van der Waals surface area contributed by atoms with Gasteiger partial charge in [-0.2, -0.15) is 0 Å². The van der Waals surface area contributed by atoms with Crippen LogP contribution in [-0.2, 0) is 4.79 Å². The van der Waals surface area contributed by atoms with Gasteiger partial charge in [-0.3, -0.25) is 4.79 Å². The summed E-state index contributed by atoms with van der Waals surface area (Å²) in [5.74, 6) is 2.12. The van der Waals surface area contributed by atoms with E-state index < -0.39 is 0 Å². The Kier molecular flexibility index (Phi) is 6.39. The van der Waals surface area contributed by atoms with Gasteiger partial charge in [0.15, 0.2) is 0 Å². The van der Waals surface area contributed by atoms with Crippen LogP contribution in [0.2, 0.25) is 0 Å². The highest BCUT2D eigenvalue weighted by molar-refractivity contribution is 5.84. The standard InChI is InChI=1S/C35H58N2O2/c1-30(2)15-17-35(29(39)37-21-19-36(8)20-22-37)18-16-33(6)24(25(35)23-30)9-10-27-32(5)13-12-28(38)31(3,4)26(32)11-14-34(27,33)7/h9,25-28,38H,10-23H2,1-8H3/t25-,26-,27+,28-,32-,33+,34+,35-/m0/s1. The number of likely N-dealkylation sites (N-methyl/N-ethyl adjacent to an activating group) is 1. The Morgan fingerprint density at radius 3 is 2.21 bits per heavy atom. The second-order valence-corrected chi connectivity index (χ2v) is 17.3. The van der Waals surface area contributed by atoms with E-state index >= 15 is 0 Å². The number of carbonyl (C=O) groups is 1. The van der Waals surface area contributed by atoms with Crippen molar-refractivity contribution < 1.29 is 9.90 Å². The molecule has 0 aromatic carbocycles. The molecule has 6 rings (SSSR count). The number of carbonyl (C=O) groups excluding carboxylic acids is 1. The van der Waals surface area contributed by atoms with Crippen LogP contribution in [0, 0.1) is 50.2 Å². The van der Waals surface area contributed by atoms with E-state index in [1.54, 1.807) is 5.57 Å². The molecular weight excluding hydrogens is 480 g/mol. The summed E-state index contributed by atoms with van der Waals surface area (Å²) in [6.07, 6.45) is 13.9. The number of aliphatic hydroxyl groups excluding tert-OH is 1. The summed E-state index contributed by atoms with van der Waals surface area (Å²) in [5.41, 5.74) is 2.46. The van der Waals surface area contributed by atoms with Crippen molar-refractivity contribution in [1.29, 1.82) is 0 Å². The molecule has 220 valence electrons. The largest absolute Gasteiger partial charge is 0.393 e. The molecule has 5 fully saturated rings. The van der Waals surface area contributed by atoms with E-state index in [4.69, 9.17) is 0 Å². The minimum absolute atomic E-state index is 0.0106. The van der Waals surface area contributed by atoms with Crippen molar-refractivity contribution in [2.75, 3.05) is 33.2 Å². The van der Waals surface area contributed by atoms with Crippen LogP contribution in [0.3, 0.4) is 0 Å². The molecule has 0 aromatic rings. The number of amides is 1. The molecule has 1 N–H and O–H groups in total. The molecule has 4 heteroatoms. The van der Waals surface area contributed by atoms with Crippen molar-refractivity contribution in [3.05, 3.63) is 11.6 Å². The Balaban J connectivity index is 1.40. The number of rotatable bonds is 1. The maximum Gasteiger partial charge on any atom is 0.229 e. The summed E-state index contributed by atoms with van der Waals surface area (Å²) in [7, 11) is 2.19. The van der Waals surface area contributed by atoms with Crippen molar-refractivity contribution in [2.24, 2.45) is 50.2 Å². The molecule has 4 nitrogen and oxygen atoms in total. The van der Waals surface area contributed by atoms with Crippen molar-refractivity contribution in [3.63, 3.8) is 0 Å². The van der Waals surface area contributed by atoms with Gasteiger partial charge in [-0.15, -0.1) is 0 Å².